The average Bonchev–Trinajstić information content (AvgIpc) is 2.42. The zero-order chi connectivity index (χ0) is 12.8. The van der Waals surface area contributed by atoms with Crippen molar-refractivity contribution in [3.05, 3.63) is 35.9 Å². The van der Waals surface area contributed by atoms with Crippen LogP contribution in [0.1, 0.15) is 23.2 Å². The van der Waals surface area contributed by atoms with Gasteiger partial charge in [0, 0.05) is 19.3 Å². The van der Waals surface area contributed by atoms with Gasteiger partial charge >= 0.3 is 0 Å². The second-order valence-electron chi connectivity index (χ2n) is 4.96. The summed E-state index contributed by atoms with van der Waals surface area (Å²) in [6, 6.07) is 9.54. The molecule has 0 bridgehead atoms. The maximum Gasteiger partial charge on any atom is 0.176 e. The van der Waals surface area contributed by atoms with Gasteiger partial charge in [-0.3, -0.25) is 9.69 Å². The largest absolute Gasteiger partial charge is 0.384 e. The van der Waals surface area contributed by atoms with Crippen LogP contribution in [0.4, 0.5) is 0 Å². The molecule has 3 heteroatoms. The first-order valence-corrected chi connectivity index (χ1v) is 6.59. The Morgan fingerprint density at radius 3 is 2.56 bits per heavy atom. The SMILES string of the molecule is COCC1CCN(CC(=O)c2ccccc2)CC1. The first kappa shape index (κ1) is 13.2. The Morgan fingerprint density at radius 2 is 1.94 bits per heavy atom. The van der Waals surface area contributed by atoms with Gasteiger partial charge in [-0.15, -0.1) is 0 Å². The van der Waals surface area contributed by atoms with Crippen molar-refractivity contribution in [3.8, 4) is 0 Å². The van der Waals surface area contributed by atoms with E-state index in [0.717, 1.165) is 38.1 Å². The molecule has 0 radical (unpaired) electrons. The van der Waals surface area contributed by atoms with Gasteiger partial charge in [0.1, 0.15) is 0 Å². The summed E-state index contributed by atoms with van der Waals surface area (Å²) in [5.74, 6) is 0.888. The zero-order valence-electron chi connectivity index (χ0n) is 11.0. The number of piperidine rings is 1. The number of rotatable bonds is 5. The molecular formula is C15H21NO2. The van der Waals surface area contributed by atoms with Crippen LogP contribution in [0.2, 0.25) is 0 Å². The Labute approximate surface area is 109 Å². The van der Waals surface area contributed by atoms with E-state index in [2.05, 4.69) is 4.90 Å². The lowest BCUT2D eigenvalue weighted by atomic mass is 9.97. The number of carbonyl (C=O) groups excluding carboxylic acids is 1. The molecule has 18 heavy (non-hydrogen) atoms. The fourth-order valence-corrected chi connectivity index (χ4v) is 2.47. The fourth-order valence-electron chi connectivity index (χ4n) is 2.47. The van der Waals surface area contributed by atoms with Crippen molar-refractivity contribution in [2.45, 2.75) is 12.8 Å². The minimum atomic E-state index is 0.223. The summed E-state index contributed by atoms with van der Waals surface area (Å²) in [6.07, 6.45) is 2.27. The van der Waals surface area contributed by atoms with Gasteiger partial charge in [-0.25, -0.2) is 0 Å². The maximum absolute atomic E-state index is 12.1. The molecule has 1 saturated heterocycles. The number of methoxy groups -OCH3 is 1. The van der Waals surface area contributed by atoms with E-state index in [9.17, 15) is 4.79 Å². The first-order chi connectivity index (χ1) is 8.79. The van der Waals surface area contributed by atoms with Crippen LogP contribution in [-0.4, -0.2) is 44.0 Å². The van der Waals surface area contributed by atoms with Gasteiger partial charge in [0.2, 0.25) is 0 Å². The number of carbonyl (C=O) groups is 1. The van der Waals surface area contributed by atoms with E-state index in [-0.39, 0.29) is 5.78 Å². The van der Waals surface area contributed by atoms with Crippen molar-refractivity contribution >= 4 is 5.78 Å². The van der Waals surface area contributed by atoms with Crippen molar-refractivity contribution in [2.75, 3.05) is 33.4 Å². The van der Waals surface area contributed by atoms with E-state index in [1.807, 2.05) is 30.3 Å². The first-order valence-electron chi connectivity index (χ1n) is 6.59. The summed E-state index contributed by atoms with van der Waals surface area (Å²) in [5, 5.41) is 0. The van der Waals surface area contributed by atoms with Crippen molar-refractivity contribution in [2.24, 2.45) is 5.92 Å². The smallest absolute Gasteiger partial charge is 0.176 e. The molecule has 1 aromatic rings. The van der Waals surface area contributed by atoms with Crippen molar-refractivity contribution < 1.29 is 9.53 Å². The van der Waals surface area contributed by atoms with E-state index < -0.39 is 0 Å². The molecular weight excluding hydrogens is 226 g/mol. The molecule has 1 heterocycles. The van der Waals surface area contributed by atoms with Crippen LogP contribution >= 0.6 is 0 Å². The third-order valence-electron chi connectivity index (χ3n) is 3.57. The molecule has 0 N–H and O–H groups in total. The van der Waals surface area contributed by atoms with Gasteiger partial charge < -0.3 is 4.74 Å². The Bertz CT molecular complexity index is 369. The molecule has 1 aromatic carbocycles. The second-order valence-corrected chi connectivity index (χ2v) is 4.96. The highest BCUT2D eigenvalue weighted by Gasteiger charge is 2.20. The molecule has 1 aliphatic rings. The summed E-state index contributed by atoms with van der Waals surface area (Å²) in [4.78, 5) is 14.3. The number of Topliss-reactive ketones (excluding diaryl/α,β-unsaturated/α-hetero) is 1. The summed E-state index contributed by atoms with van der Waals surface area (Å²) >= 11 is 0. The molecule has 2 rings (SSSR count). The lowest BCUT2D eigenvalue weighted by Crippen LogP contribution is -2.38. The Morgan fingerprint density at radius 1 is 1.28 bits per heavy atom. The monoisotopic (exact) mass is 247 g/mol. The summed E-state index contributed by atoms with van der Waals surface area (Å²) in [5.41, 5.74) is 0.816. The highest BCUT2D eigenvalue weighted by atomic mass is 16.5. The number of ether oxygens (including phenoxy) is 1. The predicted molar refractivity (Wildman–Crippen MR) is 71.8 cm³/mol. The standard InChI is InChI=1S/C15H21NO2/c1-18-12-13-7-9-16(10-8-13)11-15(17)14-5-3-2-4-6-14/h2-6,13H,7-12H2,1H3. The van der Waals surface area contributed by atoms with Crippen molar-refractivity contribution in [1.29, 1.82) is 0 Å². The quantitative estimate of drug-likeness (QED) is 0.747. The predicted octanol–water partition coefficient (Wildman–Crippen LogP) is 2.23. The molecule has 0 unspecified atom stereocenters. The van der Waals surface area contributed by atoms with Gasteiger partial charge in [0.15, 0.2) is 5.78 Å². The summed E-state index contributed by atoms with van der Waals surface area (Å²) in [7, 11) is 1.76. The van der Waals surface area contributed by atoms with Gasteiger partial charge in [0.25, 0.3) is 0 Å². The number of hydrogen-bond donors (Lipinski definition) is 0. The van der Waals surface area contributed by atoms with Crippen LogP contribution < -0.4 is 0 Å². The summed E-state index contributed by atoms with van der Waals surface area (Å²) in [6.45, 7) is 3.41. The molecule has 98 valence electrons. The van der Waals surface area contributed by atoms with Crippen LogP contribution in [0.25, 0.3) is 0 Å². The molecule has 0 saturated carbocycles. The second kappa shape index (κ2) is 6.66. The van der Waals surface area contributed by atoms with Gasteiger partial charge in [-0.1, -0.05) is 30.3 Å². The number of likely N-dealkylation sites (tertiary alicyclic amines) is 1. The van der Waals surface area contributed by atoms with Crippen LogP contribution in [0.3, 0.4) is 0 Å². The molecule has 0 aromatic heterocycles. The number of ketones is 1. The van der Waals surface area contributed by atoms with E-state index in [1.54, 1.807) is 7.11 Å². The highest BCUT2D eigenvalue weighted by Crippen LogP contribution is 2.17. The topological polar surface area (TPSA) is 29.5 Å². The number of nitrogens with zero attached hydrogens (tertiary/aromatic N) is 1. The van der Waals surface area contributed by atoms with Gasteiger partial charge in [0.05, 0.1) is 6.54 Å². The molecule has 0 spiro atoms. The third kappa shape index (κ3) is 3.65. The highest BCUT2D eigenvalue weighted by molar-refractivity contribution is 5.97. The minimum Gasteiger partial charge on any atom is -0.384 e. The normalized spacial score (nSPS) is 17.8. The van der Waals surface area contributed by atoms with E-state index >= 15 is 0 Å². The average molecular weight is 247 g/mol. The Hall–Kier alpha value is -1.19. The lowest BCUT2D eigenvalue weighted by molar-refractivity contribution is 0.0810. The van der Waals surface area contributed by atoms with Gasteiger partial charge in [-0.2, -0.15) is 0 Å². The van der Waals surface area contributed by atoms with Crippen molar-refractivity contribution in [3.63, 3.8) is 0 Å². The maximum atomic E-state index is 12.1. The molecule has 3 nitrogen and oxygen atoms in total. The molecule has 1 aliphatic heterocycles. The lowest BCUT2D eigenvalue weighted by Gasteiger charge is -2.31. The summed E-state index contributed by atoms with van der Waals surface area (Å²) < 4.78 is 5.18. The molecule has 0 amide bonds. The number of hydrogen-bond acceptors (Lipinski definition) is 3. The van der Waals surface area contributed by atoms with Crippen LogP contribution in [0.15, 0.2) is 30.3 Å². The third-order valence-corrected chi connectivity index (χ3v) is 3.57. The van der Waals surface area contributed by atoms with E-state index in [1.165, 1.54) is 0 Å². The molecule has 0 aliphatic carbocycles. The zero-order valence-corrected chi connectivity index (χ0v) is 11.0. The molecule has 0 atom stereocenters. The Kier molecular flexibility index (Phi) is 4.90. The minimum absolute atomic E-state index is 0.223. The van der Waals surface area contributed by atoms with Crippen molar-refractivity contribution in [1.82, 2.24) is 4.90 Å². The van der Waals surface area contributed by atoms with Gasteiger partial charge in [-0.05, 0) is 31.8 Å². The number of benzene rings is 1. The van der Waals surface area contributed by atoms with E-state index in [0.29, 0.717) is 12.5 Å². The molecule has 1 fully saturated rings. The fraction of sp³-hybridized carbons (Fsp3) is 0.533. The van der Waals surface area contributed by atoms with Crippen LogP contribution in [0, 0.1) is 5.92 Å². The van der Waals surface area contributed by atoms with Crippen LogP contribution in [-0.2, 0) is 4.74 Å². The van der Waals surface area contributed by atoms with E-state index in [4.69, 9.17) is 4.74 Å². The Balaban J connectivity index is 1.80. The van der Waals surface area contributed by atoms with Crippen LogP contribution in [0.5, 0.6) is 0 Å².